The van der Waals surface area contributed by atoms with Gasteiger partial charge < -0.3 is 15.7 Å². The number of anilines is 1. The summed E-state index contributed by atoms with van der Waals surface area (Å²) in [5, 5.41) is 9.72. The molecule has 100 valence electrons. The number of rotatable bonds is 4. The number of hydrogen-bond donors (Lipinski definition) is 2. The van der Waals surface area contributed by atoms with E-state index in [1.54, 1.807) is 20.8 Å². The number of likely N-dealkylation sites (N-methyl/N-ethyl adjacent to an activating group) is 1. The molecule has 0 fully saturated rings. The maximum Gasteiger partial charge on any atom is 0.256 e. The number of nitrogen functional groups attached to an aromatic ring is 1. The lowest BCUT2D eigenvalue weighted by molar-refractivity contribution is 0.0312. The second kappa shape index (κ2) is 5.35. The summed E-state index contributed by atoms with van der Waals surface area (Å²) < 4.78 is 13.6. The third kappa shape index (κ3) is 3.70. The molecule has 0 spiro atoms. The van der Waals surface area contributed by atoms with Crippen LogP contribution in [0.3, 0.4) is 0 Å². The zero-order valence-corrected chi connectivity index (χ0v) is 10.9. The maximum atomic E-state index is 13.6. The van der Waals surface area contributed by atoms with Crippen LogP contribution in [0.2, 0.25) is 0 Å². The van der Waals surface area contributed by atoms with Crippen molar-refractivity contribution in [1.29, 1.82) is 0 Å². The number of carbonyl (C=O) groups excluding carboxylic acids is 1. The van der Waals surface area contributed by atoms with Crippen molar-refractivity contribution < 1.29 is 14.3 Å². The third-order valence-corrected chi connectivity index (χ3v) is 2.47. The van der Waals surface area contributed by atoms with E-state index in [0.29, 0.717) is 6.54 Å². The van der Waals surface area contributed by atoms with Crippen molar-refractivity contribution in [1.82, 2.24) is 4.90 Å². The van der Waals surface area contributed by atoms with Crippen LogP contribution in [0, 0.1) is 5.82 Å². The molecule has 5 heteroatoms. The van der Waals surface area contributed by atoms with E-state index in [1.807, 2.05) is 0 Å². The van der Waals surface area contributed by atoms with E-state index in [0.717, 1.165) is 6.07 Å². The van der Waals surface area contributed by atoms with Gasteiger partial charge in [0, 0.05) is 18.8 Å². The minimum Gasteiger partial charge on any atom is -0.399 e. The molecule has 1 amide bonds. The Kier molecular flexibility index (Phi) is 4.29. The number of carbonyl (C=O) groups is 1. The molecule has 1 rings (SSSR count). The van der Waals surface area contributed by atoms with Crippen molar-refractivity contribution in [2.75, 3.05) is 18.8 Å². The van der Waals surface area contributed by atoms with Crippen LogP contribution in [0.1, 0.15) is 31.1 Å². The van der Waals surface area contributed by atoms with Gasteiger partial charge in [-0.05, 0) is 39.0 Å². The van der Waals surface area contributed by atoms with E-state index in [4.69, 9.17) is 5.73 Å². The SMILES string of the molecule is CCN(CC(C)(C)O)C(=O)c1ccc(N)cc1F. The molecule has 18 heavy (non-hydrogen) atoms. The van der Waals surface area contributed by atoms with Gasteiger partial charge in [-0.3, -0.25) is 4.79 Å². The molecule has 4 nitrogen and oxygen atoms in total. The highest BCUT2D eigenvalue weighted by molar-refractivity contribution is 5.94. The van der Waals surface area contributed by atoms with Crippen molar-refractivity contribution in [3.05, 3.63) is 29.6 Å². The molecule has 1 aromatic rings. The quantitative estimate of drug-likeness (QED) is 0.803. The molecule has 0 aliphatic rings. The number of hydrogen-bond acceptors (Lipinski definition) is 3. The van der Waals surface area contributed by atoms with Crippen molar-refractivity contribution in [2.45, 2.75) is 26.4 Å². The van der Waals surface area contributed by atoms with Crippen LogP contribution in [0.15, 0.2) is 18.2 Å². The summed E-state index contributed by atoms with van der Waals surface area (Å²) in [6.07, 6.45) is 0. The zero-order chi connectivity index (χ0) is 13.9. The predicted molar refractivity (Wildman–Crippen MR) is 68.7 cm³/mol. The first-order valence-corrected chi connectivity index (χ1v) is 5.81. The molecule has 0 heterocycles. The van der Waals surface area contributed by atoms with Crippen LogP contribution in [0.25, 0.3) is 0 Å². The lowest BCUT2D eigenvalue weighted by Gasteiger charge is -2.28. The summed E-state index contributed by atoms with van der Waals surface area (Å²) in [5.41, 5.74) is 4.66. The fraction of sp³-hybridized carbons (Fsp3) is 0.462. The predicted octanol–water partition coefficient (Wildman–Crippen LogP) is 1.64. The molecule has 0 bridgehead atoms. The number of halogens is 1. The summed E-state index contributed by atoms with van der Waals surface area (Å²) >= 11 is 0. The standard InChI is InChI=1S/C13H19FN2O2/c1-4-16(8-13(2,3)18)12(17)10-6-5-9(15)7-11(10)14/h5-7,18H,4,8,15H2,1-3H3. The Balaban J connectivity index is 2.97. The topological polar surface area (TPSA) is 66.6 Å². The molecular weight excluding hydrogens is 235 g/mol. The van der Waals surface area contributed by atoms with E-state index in [1.165, 1.54) is 17.0 Å². The summed E-state index contributed by atoms with van der Waals surface area (Å²) in [4.78, 5) is 13.5. The molecule has 0 aliphatic heterocycles. The summed E-state index contributed by atoms with van der Waals surface area (Å²) in [6.45, 7) is 5.52. The first-order valence-electron chi connectivity index (χ1n) is 5.81. The highest BCUT2D eigenvalue weighted by atomic mass is 19.1. The zero-order valence-electron chi connectivity index (χ0n) is 10.9. The third-order valence-electron chi connectivity index (χ3n) is 2.47. The van der Waals surface area contributed by atoms with Crippen molar-refractivity contribution in [3.8, 4) is 0 Å². The van der Waals surface area contributed by atoms with Gasteiger partial charge in [-0.15, -0.1) is 0 Å². The van der Waals surface area contributed by atoms with Crippen LogP contribution < -0.4 is 5.73 Å². The van der Waals surface area contributed by atoms with Gasteiger partial charge >= 0.3 is 0 Å². The molecule has 0 radical (unpaired) electrons. The monoisotopic (exact) mass is 254 g/mol. The molecule has 0 aliphatic carbocycles. The Hall–Kier alpha value is -1.62. The summed E-state index contributed by atoms with van der Waals surface area (Å²) in [5.74, 6) is -1.09. The Morgan fingerprint density at radius 1 is 1.50 bits per heavy atom. The van der Waals surface area contributed by atoms with Gasteiger partial charge in [-0.1, -0.05) is 0 Å². The number of aliphatic hydroxyl groups is 1. The molecule has 0 atom stereocenters. The highest BCUT2D eigenvalue weighted by Crippen LogP contribution is 2.15. The van der Waals surface area contributed by atoms with Crippen molar-refractivity contribution in [3.63, 3.8) is 0 Å². The fourth-order valence-corrected chi connectivity index (χ4v) is 1.67. The highest BCUT2D eigenvalue weighted by Gasteiger charge is 2.24. The van der Waals surface area contributed by atoms with Gasteiger partial charge in [-0.25, -0.2) is 4.39 Å². The van der Waals surface area contributed by atoms with Crippen molar-refractivity contribution in [2.24, 2.45) is 0 Å². The smallest absolute Gasteiger partial charge is 0.256 e. The lowest BCUT2D eigenvalue weighted by Crippen LogP contribution is -2.42. The van der Waals surface area contributed by atoms with Crippen LogP contribution >= 0.6 is 0 Å². The van der Waals surface area contributed by atoms with Crippen LogP contribution in [0.5, 0.6) is 0 Å². The number of nitrogens with two attached hydrogens (primary N) is 1. The van der Waals surface area contributed by atoms with Crippen molar-refractivity contribution >= 4 is 11.6 Å². The normalized spacial score (nSPS) is 11.4. The van der Waals surface area contributed by atoms with E-state index in [2.05, 4.69) is 0 Å². The second-order valence-electron chi connectivity index (χ2n) is 4.87. The average molecular weight is 254 g/mol. The Bertz CT molecular complexity index is 441. The minimum absolute atomic E-state index is 0.0321. The fourth-order valence-electron chi connectivity index (χ4n) is 1.67. The lowest BCUT2D eigenvalue weighted by atomic mass is 10.1. The van der Waals surface area contributed by atoms with E-state index in [-0.39, 0.29) is 17.8 Å². The Morgan fingerprint density at radius 3 is 2.56 bits per heavy atom. The van der Waals surface area contributed by atoms with Gasteiger partial charge in [0.1, 0.15) is 5.82 Å². The minimum atomic E-state index is -1.02. The van der Waals surface area contributed by atoms with Gasteiger partial charge in [0.15, 0.2) is 0 Å². The number of nitrogens with zero attached hydrogens (tertiary/aromatic N) is 1. The largest absolute Gasteiger partial charge is 0.399 e. The van der Waals surface area contributed by atoms with Gasteiger partial charge in [0.2, 0.25) is 0 Å². The second-order valence-corrected chi connectivity index (χ2v) is 4.87. The Morgan fingerprint density at radius 2 is 2.11 bits per heavy atom. The van der Waals surface area contributed by atoms with Gasteiger partial charge in [0.25, 0.3) is 5.91 Å². The van der Waals surface area contributed by atoms with Crippen LogP contribution in [0.4, 0.5) is 10.1 Å². The number of benzene rings is 1. The summed E-state index contributed by atoms with van der Waals surface area (Å²) in [7, 11) is 0. The van der Waals surface area contributed by atoms with Gasteiger partial charge in [0.05, 0.1) is 11.2 Å². The summed E-state index contributed by atoms with van der Waals surface area (Å²) in [6, 6.07) is 3.96. The van der Waals surface area contributed by atoms with E-state index < -0.39 is 17.3 Å². The van der Waals surface area contributed by atoms with E-state index >= 15 is 0 Å². The number of amides is 1. The molecule has 0 saturated carbocycles. The molecular formula is C13H19FN2O2. The first kappa shape index (κ1) is 14.4. The average Bonchev–Trinajstić information content (AvgIpc) is 2.24. The Labute approximate surface area is 106 Å². The van der Waals surface area contributed by atoms with E-state index in [9.17, 15) is 14.3 Å². The molecule has 1 aromatic carbocycles. The molecule has 0 saturated heterocycles. The van der Waals surface area contributed by atoms with Crippen LogP contribution in [-0.2, 0) is 0 Å². The van der Waals surface area contributed by atoms with Gasteiger partial charge in [-0.2, -0.15) is 0 Å². The maximum absolute atomic E-state index is 13.6. The van der Waals surface area contributed by atoms with Crippen LogP contribution in [-0.4, -0.2) is 34.6 Å². The first-order chi connectivity index (χ1) is 8.24. The molecule has 0 aromatic heterocycles. The molecule has 3 N–H and O–H groups in total. The molecule has 0 unspecified atom stereocenters.